The van der Waals surface area contributed by atoms with Gasteiger partial charge >= 0.3 is 0 Å². The Balaban J connectivity index is 1.94. The van der Waals surface area contributed by atoms with Crippen molar-refractivity contribution in [2.75, 3.05) is 0 Å². The molecule has 0 radical (unpaired) electrons. The Labute approximate surface area is 167 Å². The molecule has 3 rings (SSSR count). The van der Waals surface area contributed by atoms with Crippen LogP contribution in [0.4, 0.5) is 5.69 Å². The summed E-state index contributed by atoms with van der Waals surface area (Å²) in [7, 11) is 0. The molecule has 0 saturated carbocycles. The number of aromatic hydroxyl groups is 2. The van der Waals surface area contributed by atoms with Crippen LogP contribution in [0.25, 0.3) is 0 Å². The fourth-order valence-corrected chi connectivity index (χ4v) is 3.34. The minimum atomic E-state index is -0.0860. The van der Waals surface area contributed by atoms with Crippen LogP contribution >= 0.6 is 0 Å². The monoisotopic (exact) mass is 389 g/mol. The maximum absolute atomic E-state index is 11.2. The number of phenolic OH excluding ortho intramolecular Hbond substituents is 2. The fraction of sp³-hybridized carbons (Fsp3) is 0.130. The third-order valence-corrected chi connectivity index (χ3v) is 4.74. The molecular formula is C23H19NO5. The van der Waals surface area contributed by atoms with E-state index in [0.717, 1.165) is 16.7 Å². The summed E-state index contributed by atoms with van der Waals surface area (Å²) in [5, 5.41) is 23.3. The van der Waals surface area contributed by atoms with E-state index in [1.807, 2.05) is 19.1 Å². The third-order valence-electron chi connectivity index (χ3n) is 4.74. The van der Waals surface area contributed by atoms with Gasteiger partial charge in [0.25, 0.3) is 0 Å². The maximum atomic E-state index is 11.2. The van der Waals surface area contributed by atoms with Gasteiger partial charge in [-0.15, -0.1) is 4.91 Å². The van der Waals surface area contributed by atoms with Crippen molar-refractivity contribution in [3.05, 3.63) is 92.4 Å². The van der Waals surface area contributed by atoms with Crippen molar-refractivity contribution >= 4 is 18.3 Å². The molecule has 0 amide bonds. The van der Waals surface area contributed by atoms with Crippen molar-refractivity contribution in [2.24, 2.45) is 5.18 Å². The van der Waals surface area contributed by atoms with Crippen LogP contribution in [-0.2, 0) is 12.8 Å². The van der Waals surface area contributed by atoms with Crippen molar-refractivity contribution in [1.82, 2.24) is 0 Å². The number of carbonyl (C=O) groups is 2. The summed E-state index contributed by atoms with van der Waals surface area (Å²) in [5.74, 6) is 0.0405. The lowest BCUT2D eigenvalue weighted by Crippen LogP contribution is -1.97. The Morgan fingerprint density at radius 3 is 1.93 bits per heavy atom. The standard InChI is InChI=1S/C23H19NO5/c1-14-6-17(8-15-2-4-21(24-29)19(10-15)12-25)23(28)18(7-14)9-16-3-5-22(27)20(11-16)13-26/h2-7,10-13,27-28H,8-9H2,1H3. The zero-order valence-electron chi connectivity index (χ0n) is 15.8. The fourth-order valence-electron chi connectivity index (χ4n) is 3.34. The van der Waals surface area contributed by atoms with Gasteiger partial charge < -0.3 is 10.2 Å². The highest BCUT2D eigenvalue weighted by Crippen LogP contribution is 2.30. The molecule has 0 atom stereocenters. The van der Waals surface area contributed by atoms with E-state index in [0.29, 0.717) is 36.5 Å². The molecule has 29 heavy (non-hydrogen) atoms. The Bertz CT molecular complexity index is 1100. The van der Waals surface area contributed by atoms with Crippen LogP contribution in [0.15, 0.2) is 53.7 Å². The second kappa shape index (κ2) is 8.48. The highest BCUT2D eigenvalue weighted by Gasteiger charge is 2.13. The summed E-state index contributed by atoms with van der Waals surface area (Å²) in [6.45, 7) is 1.91. The van der Waals surface area contributed by atoms with E-state index in [1.54, 1.807) is 24.3 Å². The van der Waals surface area contributed by atoms with Crippen LogP contribution in [0, 0.1) is 11.8 Å². The van der Waals surface area contributed by atoms with Gasteiger partial charge in [0.1, 0.15) is 17.2 Å². The van der Waals surface area contributed by atoms with Crippen LogP contribution in [0.2, 0.25) is 0 Å². The number of benzene rings is 3. The Morgan fingerprint density at radius 2 is 1.38 bits per heavy atom. The zero-order chi connectivity index (χ0) is 21.0. The lowest BCUT2D eigenvalue weighted by molar-refractivity contribution is 0.111. The summed E-state index contributed by atoms with van der Waals surface area (Å²) in [4.78, 5) is 33.0. The molecule has 0 heterocycles. The molecule has 0 aromatic heterocycles. The molecule has 3 aromatic carbocycles. The molecule has 0 saturated heterocycles. The molecule has 146 valence electrons. The van der Waals surface area contributed by atoms with Crippen LogP contribution < -0.4 is 0 Å². The van der Waals surface area contributed by atoms with Gasteiger partial charge in [-0.3, -0.25) is 9.59 Å². The first-order valence-corrected chi connectivity index (χ1v) is 8.95. The number of rotatable bonds is 7. The molecule has 0 aliphatic carbocycles. The summed E-state index contributed by atoms with van der Waals surface area (Å²) < 4.78 is 0. The zero-order valence-corrected chi connectivity index (χ0v) is 15.8. The number of aryl methyl sites for hydroxylation is 1. The minimum absolute atomic E-state index is 0.0798. The Hall–Kier alpha value is -3.80. The van der Waals surface area contributed by atoms with E-state index in [2.05, 4.69) is 5.18 Å². The first-order valence-electron chi connectivity index (χ1n) is 8.95. The van der Waals surface area contributed by atoms with Gasteiger partial charge in [-0.25, -0.2) is 0 Å². The average molecular weight is 389 g/mol. The minimum Gasteiger partial charge on any atom is -0.507 e. The van der Waals surface area contributed by atoms with E-state index in [9.17, 15) is 24.7 Å². The number of hydrogen-bond donors (Lipinski definition) is 2. The third kappa shape index (κ3) is 4.38. The molecular weight excluding hydrogens is 370 g/mol. The number of hydrogen-bond acceptors (Lipinski definition) is 6. The van der Waals surface area contributed by atoms with Gasteiger partial charge in [0.05, 0.1) is 5.56 Å². The molecule has 0 fully saturated rings. The van der Waals surface area contributed by atoms with Crippen molar-refractivity contribution in [3.63, 3.8) is 0 Å². The highest BCUT2D eigenvalue weighted by molar-refractivity contribution is 5.83. The SMILES string of the molecule is Cc1cc(Cc2ccc(O)c(C=O)c2)c(O)c(Cc2ccc(N=O)c(C=O)c2)c1. The summed E-state index contributed by atoms with van der Waals surface area (Å²) in [5.41, 5.74) is 4.33. The average Bonchev–Trinajstić information content (AvgIpc) is 2.72. The van der Waals surface area contributed by atoms with Gasteiger partial charge in [0.15, 0.2) is 12.6 Å². The van der Waals surface area contributed by atoms with Crippen molar-refractivity contribution in [1.29, 1.82) is 0 Å². The van der Waals surface area contributed by atoms with E-state index in [1.165, 1.54) is 12.1 Å². The normalized spacial score (nSPS) is 10.5. The van der Waals surface area contributed by atoms with Crippen molar-refractivity contribution < 1.29 is 19.8 Å². The van der Waals surface area contributed by atoms with Crippen LogP contribution in [0.5, 0.6) is 11.5 Å². The van der Waals surface area contributed by atoms with Gasteiger partial charge in [-0.2, -0.15) is 0 Å². The molecule has 0 aliphatic heterocycles. The predicted octanol–water partition coefficient (Wildman–Crippen LogP) is 4.61. The van der Waals surface area contributed by atoms with E-state index < -0.39 is 0 Å². The Morgan fingerprint density at radius 1 is 0.828 bits per heavy atom. The van der Waals surface area contributed by atoms with Gasteiger partial charge in [0.2, 0.25) is 0 Å². The topological polar surface area (TPSA) is 104 Å². The Kier molecular flexibility index (Phi) is 5.83. The predicted molar refractivity (Wildman–Crippen MR) is 109 cm³/mol. The molecule has 3 aromatic rings. The molecule has 0 bridgehead atoms. The van der Waals surface area contributed by atoms with Gasteiger partial charge in [0, 0.05) is 18.4 Å². The van der Waals surface area contributed by atoms with Crippen LogP contribution in [0.3, 0.4) is 0 Å². The lowest BCUT2D eigenvalue weighted by atomic mass is 9.94. The second-order valence-electron chi connectivity index (χ2n) is 6.90. The van der Waals surface area contributed by atoms with Crippen LogP contribution in [-0.4, -0.2) is 22.8 Å². The second-order valence-corrected chi connectivity index (χ2v) is 6.90. The first-order chi connectivity index (χ1) is 13.9. The number of carbonyl (C=O) groups excluding carboxylic acids is 2. The smallest absolute Gasteiger partial charge is 0.153 e. The highest BCUT2D eigenvalue weighted by atomic mass is 16.3. The summed E-state index contributed by atoms with van der Waals surface area (Å²) in [6, 6.07) is 13.2. The van der Waals surface area contributed by atoms with Crippen molar-refractivity contribution in [3.8, 4) is 11.5 Å². The molecule has 2 N–H and O–H groups in total. The van der Waals surface area contributed by atoms with E-state index in [-0.39, 0.29) is 28.3 Å². The van der Waals surface area contributed by atoms with E-state index in [4.69, 9.17) is 0 Å². The largest absolute Gasteiger partial charge is 0.507 e. The molecule has 0 unspecified atom stereocenters. The van der Waals surface area contributed by atoms with Crippen molar-refractivity contribution in [2.45, 2.75) is 19.8 Å². The number of nitrogens with zero attached hydrogens (tertiary/aromatic N) is 1. The molecule has 0 aliphatic rings. The quantitative estimate of drug-likeness (QED) is 0.453. The summed E-state index contributed by atoms with van der Waals surface area (Å²) >= 11 is 0. The molecule has 6 nitrogen and oxygen atoms in total. The number of nitroso groups, excluding NO2 is 1. The summed E-state index contributed by atoms with van der Waals surface area (Å²) in [6.07, 6.45) is 1.92. The first kappa shape index (κ1) is 19.9. The van der Waals surface area contributed by atoms with E-state index >= 15 is 0 Å². The number of phenols is 2. The van der Waals surface area contributed by atoms with Gasteiger partial charge in [-0.05, 0) is 58.6 Å². The van der Waals surface area contributed by atoms with Gasteiger partial charge in [-0.1, -0.05) is 29.8 Å². The lowest BCUT2D eigenvalue weighted by Gasteiger charge is -2.13. The van der Waals surface area contributed by atoms with Crippen LogP contribution in [0.1, 0.15) is 48.5 Å². The maximum Gasteiger partial charge on any atom is 0.153 e. The molecule has 6 heteroatoms. The molecule has 0 spiro atoms. The number of aldehydes is 2.